The average molecular weight is 396 g/mol. The molecule has 2 aromatic heterocycles. The highest BCUT2D eigenvalue weighted by molar-refractivity contribution is 7.17. The molecule has 3 amide bonds. The average Bonchev–Trinajstić information content (AvgIpc) is 3.27. The van der Waals surface area contributed by atoms with Crippen LogP contribution in [0.2, 0.25) is 0 Å². The molecule has 4 rings (SSSR count). The predicted molar refractivity (Wildman–Crippen MR) is 104 cm³/mol. The summed E-state index contributed by atoms with van der Waals surface area (Å²) in [7, 11) is 0. The maximum absolute atomic E-state index is 12.9. The van der Waals surface area contributed by atoms with Gasteiger partial charge in [-0.3, -0.25) is 29.5 Å². The zero-order valence-corrected chi connectivity index (χ0v) is 15.6. The summed E-state index contributed by atoms with van der Waals surface area (Å²) in [5.74, 6) is -1.03. The summed E-state index contributed by atoms with van der Waals surface area (Å²) in [4.78, 5) is 54.2. The molecule has 0 spiro atoms. The van der Waals surface area contributed by atoms with Crippen molar-refractivity contribution in [1.29, 1.82) is 0 Å². The van der Waals surface area contributed by atoms with Gasteiger partial charge in [0, 0.05) is 36.8 Å². The van der Waals surface area contributed by atoms with Gasteiger partial charge in [-0.2, -0.15) is 0 Å². The molecule has 1 aromatic carbocycles. The fourth-order valence-corrected chi connectivity index (χ4v) is 4.02. The number of carbonyl (C=O) groups is 3. The van der Waals surface area contributed by atoms with E-state index >= 15 is 0 Å². The van der Waals surface area contributed by atoms with Crippen LogP contribution in [0.25, 0.3) is 21.3 Å². The Balaban J connectivity index is 1.55. The summed E-state index contributed by atoms with van der Waals surface area (Å²) >= 11 is 1.36. The zero-order chi connectivity index (χ0) is 19.7. The van der Waals surface area contributed by atoms with Gasteiger partial charge < -0.3 is 0 Å². The summed E-state index contributed by atoms with van der Waals surface area (Å²) in [5, 5.41) is 2.30. The van der Waals surface area contributed by atoms with E-state index < -0.39 is 5.91 Å². The number of nitrogens with one attached hydrogen (secondary N) is 1. The lowest BCUT2D eigenvalue weighted by molar-refractivity contribution is -0.138. The lowest BCUT2D eigenvalue weighted by Crippen LogP contribution is -2.36. The Kier molecular flexibility index (Phi) is 4.74. The molecule has 1 aliphatic heterocycles. The van der Waals surface area contributed by atoms with E-state index in [9.17, 15) is 19.2 Å². The van der Waals surface area contributed by atoms with E-state index in [-0.39, 0.29) is 43.2 Å². The number of likely N-dealkylation sites (tertiary alicyclic amines) is 1. The van der Waals surface area contributed by atoms with Crippen molar-refractivity contribution in [2.24, 2.45) is 0 Å². The number of benzene rings is 1. The number of fused-ring (bicyclic) bond motifs is 1. The van der Waals surface area contributed by atoms with E-state index in [4.69, 9.17) is 0 Å². The number of thiophene rings is 1. The first-order valence-corrected chi connectivity index (χ1v) is 9.60. The van der Waals surface area contributed by atoms with Gasteiger partial charge in [-0.25, -0.2) is 9.66 Å². The fourth-order valence-electron chi connectivity index (χ4n) is 3.12. The molecule has 8 nitrogen and oxygen atoms in total. The number of carbonyl (C=O) groups excluding carboxylic acids is 3. The van der Waals surface area contributed by atoms with Gasteiger partial charge in [0.15, 0.2) is 0 Å². The first-order valence-electron chi connectivity index (χ1n) is 8.72. The maximum Gasteiger partial charge on any atom is 0.281 e. The van der Waals surface area contributed by atoms with Crippen LogP contribution in [0.4, 0.5) is 0 Å². The molecule has 0 bridgehead atoms. The minimum atomic E-state index is -0.479. The smallest absolute Gasteiger partial charge is 0.281 e. The second kappa shape index (κ2) is 7.35. The molecular weight excluding hydrogens is 380 g/mol. The standard InChI is InChI=1S/C19H16N4O4S/c24-14(8-9-22-15(25)6-7-16(22)26)21-23-11-20-18-17(19(23)27)13(10-28-18)12-4-2-1-3-5-12/h1-5,10-11H,6-9H2,(H,21,24). The second-order valence-electron chi connectivity index (χ2n) is 6.34. The Hall–Kier alpha value is -3.33. The first kappa shape index (κ1) is 18.1. The van der Waals surface area contributed by atoms with Crippen LogP contribution in [0.3, 0.4) is 0 Å². The lowest BCUT2D eigenvalue weighted by Gasteiger charge is -2.13. The first-order chi connectivity index (χ1) is 13.5. The van der Waals surface area contributed by atoms with Gasteiger partial charge in [-0.05, 0) is 5.56 Å². The van der Waals surface area contributed by atoms with E-state index in [0.717, 1.165) is 20.7 Å². The molecular formula is C19H16N4O4S. The van der Waals surface area contributed by atoms with E-state index in [0.29, 0.717) is 10.2 Å². The third-order valence-corrected chi connectivity index (χ3v) is 5.43. The topological polar surface area (TPSA) is 101 Å². The monoisotopic (exact) mass is 396 g/mol. The SMILES string of the molecule is O=C(CCN1C(=O)CCC1=O)Nn1cnc2scc(-c3ccccc3)c2c1=O. The minimum Gasteiger partial charge on any atom is -0.282 e. The van der Waals surface area contributed by atoms with Crippen LogP contribution in [0.5, 0.6) is 0 Å². The molecule has 0 saturated carbocycles. The number of nitrogens with zero attached hydrogens (tertiary/aromatic N) is 3. The van der Waals surface area contributed by atoms with Crippen LogP contribution >= 0.6 is 11.3 Å². The Morgan fingerprint density at radius 3 is 2.54 bits per heavy atom. The van der Waals surface area contributed by atoms with Crippen LogP contribution < -0.4 is 11.0 Å². The van der Waals surface area contributed by atoms with Gasteiger partial charge in [0.1, 0.15) is 11.2 Å². The largest absolute Gasteiger partial charge is 0.282 e. The molecule has 9 heteroatoms. The van der Waals surface area contributed by atoms with Crippen LogP contribution in [0, 0.1) is 0 Å². The molecule has 28 heavy (non-hydrogen) atoms. The minimum absolute atomic E-state index is 0.00163. The second-order valence-corrected chi connectivity index (χ2v) is 7.20. The third kappa shape index (κ3) is 3.31. The van der Waals surface area contributed by atoms with E-state index in [1.807, 2.05) is 35.7 Å². The fraction of sp³-hybridized carbons (Fsp3) is 0.211. The van der Waals surface area contributed by atoms with Gasteiger partial charge in [0.05, 0.1) is 5.39 Å². The number of aromatic nitrogens is 2. The van der Waals surface area contributed by atoms with Crippen LogP contribution in [-0.2, 0) is 14.4 Å². The number of imide groups is 1. The number of rotatable bonds is 5. The number of hydrogen-bond acceptors (Lipinski definition) is 6. The molecule has 1 fully saturated rings. The Morgan fingerprint density at radius 2 is 1.82 bits per heavy atom. The Labute approximate surface area is 163 Å². The number of hydrogen-bond donors (Lipinski definition) is 1. The Morgan fingerprint density at radius 1 is 1.11 bits per heavy atom. The molecule has 1 saturated heterocycles. The maximum atomic E-state index is 12.9. The van der Waals surface area contributed by atoms with Crippen molar-refractivity contribution < 1.29 is 14.4 Å². The van der Waals surface area contributed by atoms with Crippen molar-refractivity contribution >= 4 is 39.3 Å². The summed E-state index contributed by atoms with van der Waals surface area (Å²) in [6.07, 6.45) is 1.54. The molecule has 142 valence electrons. The van der Waals surface area contributed by atoms with Crippen LogP contribution in [0.1, 0.15) is 19.3 Å². The molecule has 0 unspecified atom stereocenters. The zero-order valence-electron chi connectivity index (χ0n) is 14.8. The molecule has 0 atom stereocenters. The van der Waals surface area contributed by atoms with Gasteiger partial charge in [0.25, 0.3) is 5.56 Å². The summed E-state index contributed by atoms with van der Waals surface area (Å²) < 4.78 is 1.04. The molecule has 0 aliphatic carbocycles. The van der Waals surface area contributed by atoms with E-state index in [1.165, 1.54) is 17.7 Å². The van der Waals surface area contributed by atoms with Gasteiger partial charge >= 0.3 is 0 Å². The van der Waals surface area contributed by atoms with Crippen molar-refractivity contribution in [2.45, 2.75) is 19.3 Å². The highest BCUT2D eigenvalue weighted by Crippen LogP contribution is 2.30. The lowest BCUT2D eigenvalue weighted by atomic mass is 10.1. The number of amides is 3. The van der Waals surface area contributed by atoms with E-state index in [1.54, 1.807) is 0 Å². The quantitative estimate of drug-likeness (QED) is 0.662. The molecule has 1 aliphatic rings. The van der Waals surface area contributed by atoms with Gasteiger partial charge in [-0.15, -0.1) is 11.3 Å². The van der Waals surface area contributed by atoms with Crippen molar-refractivity contribution in [3.8, 4) is 11.1 Å². The normalized spacial score (nSPS) is 14.1. The van der Waals surface area contributed by atoms with Crippen LogP contribution in [0.15, 0.2) is 46.8 Å². The summed E-state index contributed by atoms with van der Waals surface area (Å²) in [6, 6.07) is 9.47. The summed E-state index contributed by atoms with van der Waals surface area (Å²) in [5.41, 5.74) is 3.75. The van der Waals surface area contributed by atoms with Crippen LogP contribution in [-0.4, -0.2) is 38.8 Å². The Bertz CT molecular complexity index is 1120. The van der Waals surface area contributed by atoms with E-state index in [2.05, 4.69) is 10.4 Å². The van der Waals surface area contributed by atoms with Gasteiger partial charge in [0.2, 0.25) is 17.7 Å². The molecule has 1 N–H and O–H groups in total. The molecule has 3 aromatic rings. The summed E-state index contributed by atoms with van der Waals surface area (Å²) in [6.45, 7) is 0.00163. The molecule has 0 radical (unpaired) electrons. The molecule has 3 heterocycles. The predicted octanol–water partition coefficient (Wildman–Crippen LogP) is 1.73. The van der Waals surface area contributed by atoms with Crippen molar-refractivity contribution in [1.82, 2.24) is 14.6 Å². The highest BCUT2D eigenvalue weighted by Gasteiger charge is 2.28. The van der Waals surface area contributed by atoms with Crippen molar-refractivity contribution in [3.05, 3.63) is 52.4 Å². The highest BCUT2D eigenvalue weighted by atomic mass is 32.1. The van der Waals surface area contributed by atoms with Gasteiger partial charge in [-0.1, -0.05) is 30.3 Å². The third-order valence-electron chi connectivity index (χ3n) is 4.54. The van der Waals surface area contributed by atoms with Crippen molar-refractivity contribution in [2.75, 3.05) is 12.0 Å². The van der Waals surface area contributed by atoms with Crippen molar-refractivity contribution in [3.63, 3.8) is 0 Å².